The Morgan fingerprint density at radius 1 is 1.18 bits per heavy atom. The van der Waals surface area contributed by atoms with Gasteiger partial charge in [-0.3, -0.25) is 4.79 Å². The molecule has 22 heavy (non-hydrogen) atoms. The smallest absolute Gasteiger partial charge is 0.305 e. The van der Waals surface area contributed by atoms with Crippen LogP contribution in [-0.2, 0) is 4.79 Å². The molecular weight excluding hydrogens is 281 g/mol. The fourth-order valence-electron chi connectivity index (χ4n) is 2.78. The molecule has 0 aliphatic heterocycles. The van der Waals surface area contributed by atoms with E-state index in [2.05, 4.69) is 0 Å². The second kappa shape index (κ2) is 6.28. The number of carbonyl (C=O) groups is 1. The van der Waals surface area contributed by atoms with E-state index in [1.165, 1.54) is 0 Å². The molecule has 4 heteroatoms. The van der Waals surface area contributed by atoms with Crippen molar-refractivity contribution in [2.75, 3.05) is 0 Å². The van der Waals surface area contributed by atoms with E-state index < -0.39 is 17.8 Å². The van der Waals surface area contributed by atoms with Gasteiger partial charge in [-0.2, -0.15) is 0 Å². The first-order valence-corrected chi connectivity index (χ1v) is 7.15. The number of benzene rings is 2. The average Bonchev–Trinajstić information content (AvgIpc) is 2.41. The summed E-state index contributed by atoms with van der Waals surface area (Å²) in [6.45, 7) is 5.67. The Bertz CT molecular complexity index is 705. The largest absolute Gasteiger partial charge is 0.481 e. The Morgan fingerprint density at radius 3 is 2.32 bits per heavy atom. The summed E-state index contributed by atoms with van der Waals surface area (Å²) in [7, 11) is 0. The van der Waals surface area contributed by atoms with Crippen molar-refractivity contribution in [3.8, 4) is 11.1 Å². The minimum Gasteiger partial charge on any atom is -0.481 e. The molecule has 0 bridgehead atoms. The van der Waals surface area contributed by atoms with Crippen LogP contribution in [0.2, 0.25) is 0 Å². The SMILES string of the molecule is Cc1cc(-c2c(C)cccc2C)cc(C(N)CC(=O)O)c1F. The molecule has 0 aliphatic carbocycles. The number of aliphatic carboxylic acids is 1. The zero-order chi connectivity index (χ0) is 16.4. The van der Waals surface area contributed by atoms with Gasteiger partial charge < -0.3 is 10.8 Å². The third-order valence-electron chi connectivity index (χ3n) is 3.85. The van der Waals surface area contributed by atoms with E-state index in [4.69, 9.17) is 10.8 Å². The minimum atomic E-state index is -1.04. The molecule has 0 heterocycles. The summed E-state index contributed by atoms with van der Waals surface area (Å²) in [5.74, 6) is -1.47. The van der Waals surface area contributed by atoms with Gasteiger partial charge in [-0.15, -0.1) is 0 Å². The second-order valence-corrected chi connectivity index (χ2v) is 5.67. The third-order valence-corrected chi connectivity index (χ3v) is 3.85. The number of hydrogen-bond acceptors (Lipinski definition) is 2. The highest BCUT2D eigenvalue weighted by Gasteiger charge is 2.19. The van der Waals surface area contributed by atoms with Gasteiger partial charge in [0, 0.05) is 11.6 Å². The lowest BCUT2D eigenvalue weighted by atomic mass is 9.91. The van der Waals surface area contributed by atoms with Crippen LogP contribution >= 0.6 is 0 Å². The van der Waals surface area contributed by atoms with Gasteiger partial charge in [0.2, 0.25) is 0 Å². The van der Waals surface area contributed by atoms with Crippen molar-refractivity contribution in [1.29, 1.82) is 0 Å². The molecule has 2 rings (SSSR count). The monoisotopic (exact) mass is 301 g/mol. The molecule has 2 aromatic rings. The maximum atomic E-state index is 14.3. The van der Waals surface area contributed by atoms with Crippen LogP contribution in [0.1, 0.15) is 34.7 Å². The van der Waals surface area contributed by atoms with Gasteiger partial charge >= 0.3 is 5.97 Å². The Kier molecular flexibility index (Phi) is 4.62. The highest BCUT2D eigenvalue weighted by molar-refractivity contribution is 5.73. The zero-order valence-electron chi connectivity index (χ0n) is 13.0. The van der Waals surface area contributed by atoms with E-state index in [0.717, 1.165) is 22.3 Å². The van der Waals surface area contributed by atoms with Crippen molar-refractivity contribution in [1.82, 2.24) is 0 Å². The standard InChI is InChI=1S/C18H20FNO2/c1-10-5-4-6-11(2)17(10)13-7-12(3)18(19)14(8-13)15(20)9-16(21)22/h4-8,15H,9,20H2,1-3H3,(H,21,22). The predicted molar refractivity (Wildman–Crippen MR) is 85.2 cm³/mol. The molecule has 0 fully saturated rings. The number of carboxylic acid groups (broad SMARTS) is 1. The highest BCUT2D eigenvalue weighted by atomic mass is 19.1. The molecule has 0 aliphatic rings. The lowest BCUT2D eigenvalue weighted by Crippen LogP contribution is -2.17. The maximum absolute atomic E-state index is 14.3. The molecular formula is C18H20FNO2. The van der Waals surface area contributed by atoms with E-state index in [9.17, 15) is 9.18 Å². The van der Waals surface area contributed by atoms with Crippen LogP contribution in [-0.4, -0.2) is 11.1 Å². The van der Waals surface area contributed by atoms with Gasteiger partial charge in [-0.1, -0.05) is 18.2 Å². The molecule has 3 nitrogen and oxygen atoms in total. The number of rotatable bonds is 4. The van der Waals surface area contributed by atoms with Crippen LogP contribution in [0.15, 0.2) is 30.3 Å². The number of carboxylic acids is 1. The van der Waals surface area contributed by atoms with E-state index >= 15 is 0 Å². The molecule has 0 amide bonds. The van der Waals surface area contributed by atoms with Gasteiger partial charge in [0.1, 0.15) is 5.82 Å². The fourth-order valence-corrected chi connectivity index (χ4v) is 2.78. The molecule has 0 aromatic heterocycles. The Morgan fingerprint density at radius 2 is 1.77 bits per heavy atom. The number of aryl methyl sites for hydroxylation is 3. The molecule has 0 spiro atoms. The number of nitrogens with two attached hydrogens (primary N) is 1. The van der Waals surface area contributed by atoms with Crippen LogP contribution in [0.25, 0.3) is 11.1 Å². The molecule has 1 atom stereocenters. The summed E-state index contributed by atoms with van der Waals surface area (Å²) in [5.41, 5.74) is 10.7. The first kappa shape index (κ1) is 16.2. The van der Waals surface area contributed by atoms with Crippen molar-refractivity contribution >= 4 is 5.97 Å². The summed E-state index contributed by atoms with van der Waals surface area (Å²) in [6, 6.07) is 8.56. The normalized spacial score (nSPS) is 12.2. The summed E-state index contributed by atoms with van der Waals surface area (Å²) >= 11 is 0. The van der Waals surface area contributed by atoms with Crippen LogP contribution in [0, 0.1) is 26.6 Å². The van der Waals surface area contributed by atoms with Crippen LogP contribution in [0.4, 0.5) is 4.39 Å². The third kappa shape index (κ3) is 3.17. The molecule has 1 unspecified atom stereocenters. The van der Waals surface area contributed by atoms with E-state index in [1.807, 2.05) is 32.0 Å². The van der Waals surface area contributed by atoms with Gasteiger partial charge in [-0.05, 0) is 60.7 Å². The molecule has 2 aromatic carbocycles. The predicted octanol–water partition coefficient (Wildman–Crippen LogP) is 3.89. The van der Waals surface area contributed by atoms with Crippen molar-refractivity contribution in [3.05, 3.63) is 58.4 Å². The highest BCUT2D eigenvalue weighted by Crippen LogP contribution is 2.32. The summed E-state index contributed by atoms with van der Waals surface area (Å²) < 4.78 is 14.3. The van der Waals surface area contributed by atoms with Crippen molar-refractivity contribution in [2.24, 2.45) is 5.73 Å². The average molecular weight is 301 g/mol. The quantitative estimate of drug-likeness (QED) is 0.900. The molecule has 0 radical (unpaired) electrons. The Hall–Kier alpha value is -2.20. The molecule has 0 saturated carbocycles. The van der Waals surface area contributed by atoms with E-state index in [0.29, 0.717) is 5.56 Å². The van der Waals surface area contributed by atoms with E-state index in [-0.39, 0.29) is 12.0 Å². The van der Waals surface area contributed by atoms with Crippen molar-refractivity contribution in [3.63, 3.8) is 0 Å². The topological polar surface area (TPSA) is 63.3 Å². The Balaban J connectivity index is 2.60. The lowest BCUT2D eigenvalue weighted by molar-refractivity contribution is -0.137. The number of halogens is 1. The van der Waals surface area contributed by atoms with Gasteiger partial charge in [0.05, 0.1) is 6.42 Å². The van der Waals surface area contributed by atoms with Gasteiger partial charge in [-0.25, -0.2) is 4.39 Å². The lowest BCUT2D eigenvalue weighted by Gasteiger charge is -2.17. The van der Waals surface area contributed by atoms with Crippen LogP contribution in [0.3, 0.4) is 0 Å². The second-order valence-electron chi connectivity index (χ2n) is 5.67. The summed E-state index contributed by atoms with van der Waals surface area (Å²) in [5, 5.41) is 8.88. The van der Waals surface area contributed by atoms with Gasteiger partial charge in [0.25, 0.3) is 0 Å². The number of hydrogen-bond donors (Lipinski definition) is 2. The minimum absolute atomic E-state index is 0.250. The molecule has 3 N–H and O–H groups in total. The first-order valence-electron chi connectivity index (χ1n) is 7.15. The van der Waals surface area contributed by atoms with Crippen molar-refractivity contribution < 1.29 is 14.3 Å². The summed E-state index contributed by atoms with van der Waals surface area (Å²) in [6.07, 6.45) is -0.299. The zero-order valence-corrected chi connectivity index (χ0v) is 13.0. The van der Waals surface area contributed by atoms with Crippen molar-refractivity contribution in [2.45, 2.75) is 33.2 Å². The molecule has 0 saturated heterocycles. The maximum Gasteiger partial charge on any atom is 0.305 e. The first-order chi connectivity index (χ1) is 10.3. The molecule has 116 valence electrons. The van der Waals surface area contributed by atoms with Crippen LogP contribution < -0.4 is 5.73 Å². The summed E-state index contributed by atoms with van der Waals surface area (Å²) in [4.78, 5) is 10.8. The fraction of sp³-hybridized carbons (Fsp3) is 0.278. The Labute approximate surface area is 129 Å². The van der Waals surface area contributed by atoms with E-state index in [1.54, 1.807) is 19.1 Å². The van der Waals surface area contributed by atoms with Crippen LogP contribution in [0.5, 0.6) is 0 Å². The van der Waals surface area contributed by atoms with Gasteiger partial charge in [0.15, 0.2) is 0 Å².